The molecular weight excluding hydrogens is 679 g/mol. The summed E-state index contributed by atoms with van der Waals surface area (Å²) in [6, 6.07) is 13.9. The number of rotatable bonds is 11. The summed E-state index contributed by atoms with van der Waals surface area (Å²) in [7, 11) is 2.11. The second-order valence-electron chi connectivity index (χ2n) is 12.6. The highest BCUT2D eigenvalue weighted by molar-refractivity contribution is 6.39. The number of hydrogen-bond acceptors (Lipinski definition) is 7. The highest BCUT2D eigenvalue weighted by Crippen LogP contribution is 2.30. The molecule has 260 valence electrons. The molecule has 12 nitrogen and oxygen atoms in total. The molecule has 2 aromatic carbocycles. The summed E-state index contributed by atoms with van der Waals surface area (Å²) in [4.78, 5) is 58.9. The molecule has 1 saturated heterocycles. The Labute approximate surface area is 299 Å². The van der Waals surface area contributed by atoms with Gasteiger partial charge in [0.05, 0.1) is 21.4 Å². The van der Waals surface area contributed by atoms with E-state index in [2.05, 4.69) is 43.3 Å². The van der Waals surface area contributed by atoms with Crippen LogP contribution in [0.3, 0.4) is 0 Å². The second-order valence-corrected chi connectivity index (χ2v) is 13.4. The van der Waals surface area contributed by atoms with Crippen molar-refractivity contribution in [2.45, 2.75) is 57.7 Å². The molecule has 2 fully saturated rings. The van der Waals surface area contributed by atoms with Crippen LogP contribution in [-0.4, -0.2) is 69.7 Å². The SMILES string of the molecule is CCn1nc(-c2cccc(-c3cc(C(=O)NCCC4CCCN4C)cc(C(=O)NC4CC4)c3)c2)cc(NC(=O)Nc2c(Cl)cncc2Cl)c1=O. The van der Waals surface area contributed by atoms with Gasteiger partial charge in [0.1, 0.15) is 5.69 Å². The zero-order chi connectivity index (χ0) is 35.4. The number of aromatic nitrogens is 3. The summed E-state index contributed by atoms with van der Waals surface area (Å²) in [5.41, 5.74) is 2.89. The fourth-order valence-corrected chi connectivity index (χ4v) is 6.45. The summed E-state index contributed by atoms with van der Waals surface area (Å²) in [6.45, 7) is 3.62. The van der Waals surface area contributed by atoms with E-state index < -0.39 is 11.6 Å². The second kappa shape index (κ2) is 15.4. The molecule has 1 atom stereocenters. The van der Waals surface area contributed by atoms with Gasteiger partial charge in [-0.15, -0.1) is 0 Å². The van der Waals surface area contributed by atoms with Crippen LogP contribution >= 0.6 is 23.2 Å². The van der Waals surface area contributed by atoms with Crippen LogP contribution < -0.4 is 26.8 Å². The maximum atomic E-state index is 13.4. The lowest BCUT2D eigenvalue weighted by Gasteiger charge is -2.19. The van der Waals surface area contributed by atoms with Gasteiger partial charge < -0.3 is 26.2 Å². The largest absolute Gasteiger partial charge is 0.352 e. The van der Waals surface area contributed by atoms with Crippen molar-refractivity contribution in [1.82, 2.24) is 30.3 Å². The number of aryl methyl sites for hydroxylation is 1. The molecule has 2 aliphatic rings. The molecule has 3 heterocycles. The minimum atomic E-state index is -0.729. The smallest absolute Gasteiger partial charge is 0.323 e. The monoisotopic (exact) mass is 716 g/mol. The number of carbonyl (C=O) groups excluding carboxylic acids is 3. The summed E-state index contributed by atoms with van der Waals surface area (Å²) in [5.74, 6) is -0.476. The number of hydrogen-bond donors (Lipinski definition) is 4. The molecule has 4 aromatic rings. The van der Waals surface area contributed by atoms with Crippen molar-refractivity contribution in [2.24, 2.45) is 0 Å². The van der Waals surface area contributed by atoms with Crippen LogP contribution in [0.5, 0.6) is 0 Å². The van der Waals surface area contributed by atoms with Crippen LogP contribution in [-0.2, 0) is 6.54 Å². The first-order valence-electron chi connectivity index (χ1n) is 16.6. The van der Waals surface area contributed by atoms with E-state index in [4.69, 9.17) is 23.2 Å². The molecule has 1 aliphatic carbocycles. The number of pyridine rings is 1. The van der Waals surface area contributed by atoms with Crippen LogP contribution in [0.25, 0.3) is 22.4 Å². The molecule has 14 heteroatoms. The summed E-state index contributed by atoms with van der Waals surface area (Å²) in [5, 5.41) is 16.0. The first kappa shape index (κ1) is 35.1. The number of anilines is 2. The first-order valence-corrected chi connectivity index (χ1v) is 17.4. The lowest BCUT2D eigenvalue weighted by atomic mass is 9.97. The Balaban J connectivity index is 1.28. The predicted molar refractivity (Wildman–Crippen MR) is 195 cm³/mol. The van der Waals surface area contributed by atoms with Crippen LogP contribution in [0, 0.1) is 0 Å². The molecule has 6 rings (SSSR count). The van der Waals surface area contributed by atoms with Gasteiger partial charge >= 0.3 is 6.03 Å². The summed E-state index contributed by atoms with van der Waals surface area (Å²) in [6.07, 6.45) is 7.69. The Morgan fingerprint density at radius 3 is 2.30 bits per heavy atom. The van der Waals surface area contributed by atoms with Gasteiger partial charge in [-0.2, -0.15) is 5.10 Å². The number of likely N-dealkylation sites (tertiary alicyclic amines) is 1. The third-order valence-corrected chi connectivity index (χ3v) is 9.48. The highest BCUT2D eigenvalue weighted by atomic mass is 35.5. The van der Waals surface area contributed by atoms with Gasteiger partial charge in [0.2, 0.25) is 0 Å². The lowest BCUT2D eigenvalue weighted by Crippen LogP contribution is -2.32. The van der Waals surface area contributed by atoms with E-state index in [1.807, 2.05) is 24.3 Å². The van der Waals surface area contributed by atoms with Gasteiger partial charge in [-0.1, -0.05) is 41.4 Å². The zero-order valence-electron chi connectivity index (χ0n) is 27.8. The molecule has 1 aliphatic heterocycles. The van der Waals surface area contributed by atoms with Crippen molar-refractivity contribution < 1.29 is 14.4 Å². The van der Waals surface area contributed by atoms with E-state index in [0.29, 0.717) is 40.5 Å². The maximum absolute atomic E-state index is 13.4. The van der Waals surface area contributed by atoms with Crippen molar-refractivity contribution in [1.29, 1.82) is 0 Å². The van der Waals surface area contributed by atoms with E-state index in [9.17, 15) is 19.2 Å². The molecule has 1 unspecified atom stereocenters. The molecule has 2 aromatic heterocycles. The van der Waals surface area contributed by atoms with Crippen molar-refractivity contribution in [3.63, 3.8) is 0 Å². The number of benzene rings is 2. The number of carbonyl (C=O) groups is 3. The number of amides is 4. The summed E-state index contributed by atoms with van der Waals surface area (Å²) >= 11 is 12.3. The third kappa shape index (κ3) is 8.32. The van der Waals surface area contributed by atoms with E-state index in [0.717, 1.165) is 44.2 Å². The average Bonchev–Trinajstić information content (AvgIpc) is 3.84. The van der Waals surface area contributed by atoms with Crippen LogP contribution in [0.2, 0.25) is 10.0 Å². The van der Waals surface area contributed by atoms with Gasteiger partial charge in [-0.25, -0.2) is 9.48 Å². The number of nitrogens with one attached hydrogen (secondary N) is 4. The van der Waals surface area contributed by atoms with Crippen molar-refractivity contribution >= 4 is 52.4 Å². The van der Waals surface area contributed by atoms with Crippen LogP contribution in [0.4, 0.5) is 16.2 Å². The Hall–Kier alpha value is -4.78. The van der Waals surface area contributed by atoms with E-state index >= 15 is 0 Å². The lowest BCUT2D eigenvalue weighted by molar-refractivity contribution is 0.0949. The Kier molecular flexibility index (Phi) is 10.8. The fraction of sp³-hybridized carbons (Fsp3) is 0.333. The Morgan fingerprint density at radius 1 is 0.900 bits per heavy atom. The molecule has 0 spiro atoms. The van der Waals surface area contributed by atoms with Gasteiger partial charge in [-0.3, -0.25) is 19.4 Å². The van der Waals surface area contributed by atoms with Crippen LogP contribution in [0.15, 0.2) is 65.7 Å². The molecule has 1 saturated carbocycles. The first-order chi connectivity index (χ1) is 24.1. The van der Waals surface area contributed by atoms with Gasteiger partial charge in [-0.05, 0) is 94.1 Å². The van der Waals surface area contributed by atoms with E-state index in [1.54, 1.807) is 25.1 Å². The zero-order valence-corrected chi connectivity index (χ0v) is 29.3. The molecule has 0 bridgehead atoms. The standard InChI is InChI=1S/C36H38Cl2N8O4/c1-3-46-35(49)31(42-36(50)43-32-28(37)19-39-20-29(32)38)18-30(44-46)22-7-4-6-21(14-22)23-15-24(17-25(16-23)34(48)41-26-9-10-26)33(47)40-12-11-27-8-5-13-45(27)2/h4,6-7,14-20,26-27H,3,5,8-13H2,1-2H3,(H,40,47)(H,41,48)(H2,39,42,43,50). The Morgan fingerprint density at radius 2 is 1.62 bits per heavy atom. The van der Waals surface area contributed by atoms with Gasteiger partial charge in [0.15, 0.2) is 0 Å². The van der Waals surface area contributed by atoms with Gasteiger partial charge in [0, 0.05) is 54.3 Å². The van der Waals surface area contributed by atoms with Crippen molar-refractivity contribution in [3.8, 4) is 22.4 Å². The van der Waals surface area contributed by atoms with E-state index in [-0.39, 0.29) is 45.8 Å². The number of urea groups is 1. The molecule has 4 amide bonds. The van der Waals surface area contributed by atoms with Crippen LogP contribution in [0.1, 0.15) is 59.7 Å². The Bertz CT molecular complexity index is 1980. The average molecular weight is 718 g/mol. The van der Waals surface area contributed by atoms with Gasteiger partial charge in [0.25, 0.3) is 17.4 Å². The van der Waals surface area contributed by atoms with Crippen molar-refractivity contribution in [3.05, 3.63) is 92.5 Å². The normalized spacial score (nSPS) is 15.8. The number of halogens is 2. The maximum Gasteiger partial charge on any atom is 0.323 e. The molecule has 0 radical (unpaired) electrons. The highest BCUT2D eigenvalue weighted by Gasteiger charge is 2.25. The fourth-order valence-electron chi connectivity index (χ4n) is 5.99. The molecular formula is C36H38Cl2N8O4. The quantitative estimate of drug-likeness (QED) is 0.148. The topological polar surface area (TPSA) is 150 Å². The number of nitrogens with zero attached hydrogens (tertiary/aromatic N) is 4. The van der Waals surface area contributed by atoms with E-state index in [1.165, 1.54) is 23.1 Å². The minimum Gasteiger partial charge on any atom is -0.352 e. The third-order valence-electron chi connectivity index (χ3n) is 8.91. The van der Waals surface area contributed by atoms with Crippen molar-refractivity contribution in [2.75, 3.05) is 30.8 Å². The molecule has 4 N–H and O–H groups in total. The predicted octanol–water partition coefficient (Wildman–Crippen LogP) is 6.05. The minimum absolute atomic E-state index is 0.0115. The molecule has 50 heavy (non-hydrogen) atoms. The summed E-state index contributed by atoms with van der Waals surface area (Å²) < 4.78 is 1.25.